The fraction of sp³-hybridized carbons (Fsp3) is 0.417. The highest BCUT2D eigenvalue weighted by Crippen LogP contribution is 2.17. The number of hydrogen-bond acceptors (Lipinski definition) is 5. The van der Waals surface area contributed by atoms with Crippen molar-refractivity contribution in [3.63, 3.8) is 0 Å². The van der Waals surface area contributed by atoms with Crippen LogP contribution in [0, 0.1) is 0 Å². The summed E-state index contributed by atoms with van der Waals surface area (Å²) in [4.78, 5) is 16.1. The molecule has 0 saturated heterocycles. The van der Waals surface area contributed by atoms with Crippen molar-refractivity contribution in [3.05, 3.63) is 18.5 Å². The molecule has 0 fully saturated rings. The van der Waals surface area contributed by atoms with Crippen LogP contribution in [-0.4, -0.2) is 43.7 Å². The molecule has 0 aliphatic heterocycles. The molecule has 0 saturated carbocycles. The van der Waals surface area contributed by atoms with Crippen LogP contribution in [0.25, 0.3) is 11.5 Å². The number of imidazole rings is 1. The second-order valence-corrected chi connectivity index (χ2v) is 5.39. The number of carbonyl (C=O) groups excluding carboxylic acids is 1. The Balaban J connectivity index is 0.00000220. The number of thioether (sulfide) groups is 1. The molecule has 0 aliphatic rings. The number of nitrogens with one attached hydrogen (secondary N) is 2. The quantitative estimate of drug-likeness (QED) is 0.740. The average Bonchev–Trinajstić information content (AvgIpc) is 3.04. The van der Waals surface area contributed by atoms with Crippen LogP contribution >= 0.6 is 24.2 Å². The molecular formula is C12H19ClN6OS. The lowest BCUT2D eigenvalue weighted by atomic mass is 10.2. The topological polar surface area (TPSA) is 102 Å². The van der Waals surface area contributed by atoms with Crippen LogP contribution in [0.1, 0.15) is 6.42 Å². The Morgan fingerprint density at radius 2 is 2.38 bits per heavy atom. The summed E-state index contributed by atoms with van der Waals surface area (Å²) in [6.07, 6.45) is 6.17. The van der Waals surface area contributed by atoms with Crippen LogP contribution in [0.3, 0.4) is 0 Å². The molecule has 0 aliphatic carbocycles. The van der Waals surface area contributed by atoms with E-state index in [9.17, 15) is 4.79 Å². The number of nitrogens with two attached hydrogens (primary N) is 1. The van der Waals surface area contributed by atoms with Crippen LogP contribution in [-0.2, 0) is 11.8 Å². The fourth-order valence-electron chi connectivity index (χ4n) is 1.72. The summed E-state index contributed by atoms with van der Waals surface area (Å²) < 4.78 is 1.86. The molecule has 0 bridgehead atoms. The number of hydrogen-bond donors (Lipinski definition) is 3. The Morgan fingerprint density at radius 1 is 1.62 bits per heavy atom. The summed E-state index contributed by atoms with van der Waals surface area (Å²) in [6, 6.07) is 1.22. The second-order valence-electron chi connectivity index (χ2n) is 4.41. The van der Waals surface area contributed by atoms with E-state index < -0.39 is 6.04 Å². The van der Waals surface area contributed by atoms with E-state index in [-0.39, 0.29) is 18.3 Å². The Labute approximate surface area is 133 Å². The van der Waals surface area contributed by atoms with Gasteiger partial charge in [-0.1, -0.05) is 0 Å². The summed E-state index contributed by atoms with van der Waals surface area (Å²) >= 11 is 1.66. The third-order valence-electron chi connectivity index (χ3n) is 2.86. The van der Waals surface area contributed by atoms with Gasteiger partial charge in [0.15, 0.2) is 11.6 Å². The van der Waals surface area contributed by atoms with E-state index >= 15 is 0 Å². The van der Waals surface area contributed by atoms with Gasteiger partial charge in [0.25, 0.3) is 0 Å². The third kappa shape index (κ3) is 4.48. The highest BCUT2D eigenvalue weighted by molar-refractivity contribution is 7.98. The van der Waals surface area contributed by atoms with Crippen molar-refractivity contribution < 1.29 is 4.79 Å². The first-order valence-corrected chi connectivity index (χ1v) is 7.59. The molecule has 116 valence electrons. The first kappa shape index (κ1) is 17.5. The molecule has 2 aromatic rings. The lowest BCUT2D eigenvalue weighted by Gasteiger charge is -2.09. The van der Waals surface area contributed by atoms with Gasteiger partial charge in [-0.3, -0.25) is 9.89 Å². The molecule has 21 heavy (non-hydrogen) atoms. The number of nitrogens with zero attached hydrogens (tertiary/aromatic N) is 3. The number of H-pyrrole nitrogens is 1. The molecule has 1 atom stereocenters. The SMILES string of the molecule is CSCCC(N)C(=O)Nc1cc(-c2nccn2C)[nH]n1.Cl. The standard InChI is InChI=1S/C12H18N6OS.ClH/c1-18-5-4-14-11(18)9-7-10(17-16-9)15-12(19)8(13)3-6-20-2;/h4-5,7-8H,3,6,13H2,1-2H3,(H2,15,16,17,19);1H. The number of aromatic nitrogens is 4. The monoisotopic (exact) mass is 330 g/mol. The largest absolute Gasteiger partial charge is 0.333 e. The van der Waals surface area contributed by atoms with Gasteiger partial charge in [0.1, 0.15) is 5.69 Å². The summed E-state index contributed by atoms with van der Waals surface area (Å²) in [5.41, 5.74) is 6.54. The van der Waals surface area contributed by atoms with Gasteiger partial charge in [0.2, 0.25) is 5.91 Å². The van der Waals surface area contributed by atoms with Gasteiger partial charge >= 0.3 is 0 Å². The fourth-order valence-corrected chi connectivity index (χ4v) is 2.21. The van der Waals surface area contributed by atoms with Gasteiger partial charge in [-0.15, -0.1) is 12.4 Å². The predicted molar refractivity (Wildman–Crippen MR) is 87.6 cm³/mol. The van der Waals surface area contributed by atoms with E-state index in [4.69, 9.17) is 5.73 Å². The van der Waals surface area contributed by atoms with Gasteiger partial charge in [-0.25, -0.2) is 4.98 Å². The van der Waals surface area contributed by atoms with Crippen molar-refractivity contribution in [1.29, 1.82) is 0 Å². The van der Waals surface area contributed by atoms with Crippen LogP contribution in [0.2, 0.25) is 0 Å². The van der Waals surface area contributed by atoms with E-state index in [1.54, 1.807) is 24.0 Å². The molecule has 2 rings (SSSR count). The average molecular weight is 331 g/mol. The zero-order valence-electron chi connectivity index (χ0n) is 11.9. The molecule has 2 aromatic heterocycles. The summed E-state index contributed by atoms with van der Waals surface area (Å²) in [5, 5.41) is 9.59. The molecule has 0 aromatic carbocycles. The van der Waals surface area contributed by atoms with Gasteiger partial charge in [-0.2, -0.15) is 16.9 Å². The van der Waals surface area contributed by atoms with Crippen LogP contribution < -0.4 is 11.1 Å². The molecule has 0 spiro atoms. The number of aryl methyl sites for hydroxylation is 1. The Bertz CT molecular complexity index is 584. The van der Waals surface area contributed by atoms with Crippen molar-refractivity contribution in [2.45, 2.75) is 12.5 Å². The summed E-state index contributed by atoms with van der Waals surface area (Å²) in [5.74, 6) is 1.84. The zero-order chi connectivity index (χ0) is 14.5. The van der Waals surface area contributed by atoms with Gasteiger partial charge < -0.3 is 15.6 Å². The highest BCUT2D eigenvalue weighted by atomic mass is 35.5. The number of amides is 1. The molecule has 2 heterocycles. The van der Waals surface area contributed by atoms with Crippen LogP contribution in [0.15, 0.2) is 18.5 Å². The van der Waals surface area contributed by atoms with Crippen molar-refractivity contribution in [2.75, 3.05) is 17.3 Å². The minimum Gasteiger partial charge on any atom is -0.333 e. The van der Waals surface area contributed by atoms with Crippen molar-refractivity contribution in [1.82, 2.24) is 19.7 Å². The highest BCUT2D eigenvalue weighted by Gasteiger charge is 2.15. The van der Waals surface area contributed by atoms with E-state index in [0.29, 0.717) is 12.2 Å². The minimum absolute atomic E-state index is 0. The van der Waals surface area contributed by atoms with Crippen LogP contribution in [0.4, 0.5) is 5.82 Å². The Kier molecular flexibility index (Phi) is 6.73. The van der Waals surface area contributed by atoms with Gasteiger partial charge in [0, 0.05) is 25.5 Å². The summed E-state index contributed by atoms with van der Waals surface area (Å²) in [6.45, 7) is 0. The van der Waals surface area contributed by atoms with Gasteiger partial charge in [-0.05, 0) is 18.4 Å². The first-order chi connectivity index (χ1) is 9.61. The number of rotatable bonds is 6. The zero-order valence-corrected chi connectivity index (χ0v) is 13.5. The molecule has 0 radical (unpaired) electrons. The lowest BCUT2D eigenvalue weighted by molar-refractivity contribution is -0.117. The molecular weight excluding hydrogens is 312 g/mol. The Hall–Kier alpha value is -1.51. The molecule has 9 heteroatoms. The number of anilines is 1. The van der Waals surface area contributed by atoms with Crippen molar-refractivity contribution in [2.24, 2.45) is 12.8 Å². The molecule has 7 nitrogen and oxygen atoms in total. The van der Waals surface area contributed by atoms with Gasteiger partial charge in [0.05, 0.1) is 6.04 Å². The molecule has 1 amide bonds. The maximum atomic E-state index is 11.9. The predicted octanol–water partition coefficient (Wildman–Crippen LogP) is 1.25. The normalized spacial score (nSPS) is 11.8. The maximum Gasteiger partial charge on any atom is 0.242 e. The first-order valence-electron chi connectivity index (χ1n) is 6.20. The minimum atomic E-state index is -0.518. The van der Waals surface area contributed by atoms with E-state index in [1.165, 1.54) is 0 Å². The molecule has 4 N–H and O–H groups in total. The number of aromatic amines is 1. The van der Waals surface area contributed by atoms with Crippen molar-refractivity contribution in [3.8, 4) is 11.5 Å². The summed E-state index contributed by atoms with van der Waals surface area (Å²) in [7, 11) is 1.89. The lowest BCUT2D eigenvalue weighted by Crippen LogP contribution is -2.36. The third-order valence-corrected chi connectivity index (χ3v) is 3.50. The number of carbonyl (C=O) groups is 1. The second kappa shape index (κ2) is 8.06. The Morgan fingerprint density at radius 3 is 3.00 bits per heavy atom. The molecule has 1 unspecified atom stereocenters. The van der Waals surface area contributed by atoms with Crippen molar-refractivity contribution >= 4 is 35.9 Å². The van der Waals surface area contributed by atoms with Crippen LogP contribution in [0.5, 0.6) is 0 Å². The maximum absolute atomic E-state index is 11.9. The smallest absolute Gasteiger partial charge is 0.242 e. The van der Waals surface area contributed by atoms with E-state index in [1.807, 2.05) is 24.1 Å². The van der Waals surface area contributed by atoms with E-state index in [0.717, 1.165) is 17.3 Å². The number of halogens is 1. The van der Waals surface area contributed by atoms with E-state index in [2.05, 4.69) is 20.5 Å².